The second kappa shape index (κ2) is 11.0. The molecule has 0 aliphatic heterocycles. The Bertz CT molecular complexity index is 2280. The lowest BCUT2D eigenvalue weighted by Gasteiger charge is -2.16. The Morgan fingerprint density at radius 1 is 0.364 bits per heavy atom. The number of fused-ring (bicyclic) bond motifs is 3. The van der Waals surface area contributed by atoms with Crippen LogP contribution in [0, 0.1) is 0 Å². The van der Waals surface area contributed by atoms with Crippen molar-refractivity contribution in [2.24, 2.45) is 0 Å². The van der Waals surface area contributed by atoms with Crippen LogP contribution in [0.2, 0.25) is 0 Å². The quantitative estimate of drug-likeness (QED) is 0.196. The summed E-state index contributed by atoms with van der Waals surface area (Å²) in [7, 11) is 0. The number of hydrogen-bond donors (Lipinski definition) is 0. The predicted molar refractivity (Wildman–Crippen MR) is 180 cm³/mol. The zero-order valence-electron chi connectivity index (χ0n) is 23.8. The van der Waals surface area contributed by atoms with Gasteiger partial charge in [-0.3, -0.25) is 15.0 Å². The fourth-order valence-electron chi connectivity index (χ4n) is 5.92. The molecular weight excluding hydrogens is 536 g/mol. The average Bonchev–Trinajstić information content (AvgIpc) is 3.12. The van der Waals surface area contributed by atoms with Crippen LogP contribution in [0.25, 0.3) is 77.8 Å². The van der Waals surface area contributed by atoms with Gasteiger partial charge >= 0.3 is 0 Å². The number of benzene rings is 5. The van der Waals surface area contributed by atoms with Crippen LogP contribution < -0.4 is 0 Å². The molecule has 8 aromatic rings. The van der Waals surface area contributed by atoms with E-state index in [1.165, 1.54) is 0 Å². The molecule has 5 aromatic carbocycles. The van der Waals surface area contributed by atoms with Crippen molar-refractivity contribution in [1.29, 1.82) is 0 Å². The summed E-state index contributed by atoms with van der Waals surface area (Å²) in [6, 6.07) is 47.9. The largest absolute Gasteiger partial charge is 0.254 e. The van der Waals surface area contributed by atoms with Gasteiger partial charge < -0.3 is 0 Å². The SMILES string of the molecule is c1ccc(-c2ncc(-c3ccccc3-c3ccccc3-c3cnc4c(ccc5cccnc54)c3)nc2-c2ccccc2)cc1. The van der Waals surface area contributed by atoms with Crippen molar-refractivity contribution >= 4 is 21.8 Å². The van der Waals surface area contributed by atoms with Crippen LogP contribution in [0.1, 0.15) is 0 Å². The Morgan fingerprint density at radius 3 is 1.70 bits per heavy atom. The first-order valence-corrected chi connectivity index (χ1v) is 14.6. The molecule has 0 spiro atoms. The monoisotopic (exact) mass is 562 g/mol. The maximum atomic E-state index is 5.27. The molecule has 0 saturated heterocycles. The molecule has 0 aliphatic carbocycles. The highest BCUT2D eigenvalue weighted by Gasteiger charge is 2.17. The molecule has 8 rings (SSSR count). The van der Waals surface area contributed by atoms with Gasteiger partial charge in [0, 0.05) is 45.4 Å². The van der Waals surface area contributed by atoms with Gasteiger partial charge in [-0.2, -0.15) is 0 Å². The van der Waals surface area contributed by atoms with Gasteiger partial charge in [0.25, 0.3) is 0 Å². The van der Waals surface area contributed by atoms with E-state index in [1.54, 1.807) is 0 Å². The molecule has 44 heavy (non-hydrogen) atoms. The van der Waals surface area contributed by atoms with E-state index in [0.29, 0.717) is 0 Å². The van der Waals surface area contributed by atoms with Gasteiger partial charge in [-0.15, -0.1) is 0 Å². The predicted octanol–water partition coefficient (Wildman–Crippen LogP) is 9.91. The van der Waals surface area contributed by atoms with E-state index in [-0.39, 0.29) is 0 Å². The summed E-state index contributed by atoms with van der Waals surface area (Å²) in [6.45, 7) is 0. The number of hydrogen-bond acceptors (Lipinski definition) is 4. The van der Waals surface area contributed by atoms with Crippen LogP contribution in [0.5, 0.6) is 0 Å². The molecular formula is C40H26N4. The summed E-state index contributed by atoms with van der Waals surface area (Å²) in [4.78, 5) is 19.8. The average molecular weight is 563 g/mol. The second-order valence-electron chi connectivity index (χ2n) is 10.7. The summed E-state index contributed by atoms with van der Waals surface area (Å²) in [5.74, 6) is 0. The van der Waals surface area contributed by atoms with Gasteiger partial charge in [0.2, 0.25) is 0 Å². The van der Waals surface area contributed by atoms with Gasteiger partial charge in [0.05, 0.1) is 34.3 Å². The summed E-state index contributed by atoms with van der Waals surface area (Å²) >= 11 is 0. The first kappa shape index (κ1) is 25.7. The van der Waals surface area contributed by atoms with Crippen molar-refractivity contribution in [3.05, 3.63) is 158 Å². The van der Waals surface area contributed by atoms with Crippen LogP contribution in [-0.2, 0) is 0 Å². The van der Waals surface area contributed by atoms with Gasteiger partial charge in [0.15, 0.2) is 0 Å². The molecule has 0 N–H and O–H groups in total. The molecule has 0 amide bonds. The highest BCUT2D eigenvalue weighted by atomic mass is 14.8. The first-order chi connectivity index (χ1) is 21.8. The van der Waals surface area contributed by atoms with Crippen LogP contribution in [-0.4, -0.2) is 19.9 Å². The lowest BCUT2D eigenvalue weighted by Crippen LogP contribution is -1.97. The third-order valence-electron chi connectivity index (χ3n) is 8.02. The van der Waals surface area contributed by atoms with Crippen LogP contribution in [0.15, 0.2) is 158 Å². The highest BCUT2D eigenvalue weighted by Crippen LogP contribution is 2.39. The minimum Gasteiger partial charge on any atom is -0.254 e. The standard InChI is InChI=1S/C40H26N4/c1-3-12-27(13-4-1)38-40(28-14-5-2-6-15-28)44-36(26-43-38)35-20-10-9-19-34(35)33-18-8-7-17-32(33)31-24-30-22-21-29-16-11-23-41-37(29)39(30)42-25-31/h1-26H. The van der Waals surface area contributed by atoms with Crippen LogP contribution >= 0.6 is 0 Å². The Balaban J connectivity index is 1.28. The molecule has 0 radical (unpaired) electrons. The Labute approximate surface area is 255 Å². The first-order valence-electron chi connectivity index (χ1n) is 14.6. The molecule has 0 fully saturated rings. The van der Waals surface area contributed by atoms with E-state index >= 15 is 0 Å². The van der Waals surface area contributed by atoms with Gasteiger partial charge in [-0.25, -0.2) is 4.98 Å². The Hall–Kier alpha value is -6.00. The fourth-order valence-corrected chi connectivity index (χ4v) is 5.92. The molecule has 206 valence electrons. The summed E-state index contributed by atoms with van der Waals surface area (Å²) < 4.78 is 0. The zero-order valence-corrected chi connectivity index (χ0v) is 23.8. The summed E-state index contributed by atoms with van der Waals surface area (Å²) in [6.07, 6.45) is 5.67. The normalized spacial score (nSPS) is 11.2. The van der Waals surface area contributed by atoms with E-state index in [0.717, 1.165) is 77.8 Å². The molecule has 0 unspecified atom stereocenters. The number of aromatic nitrogens is 4. The highest BCUT2D eigenvalue weighted by molar-refractivity contribution is 6.04. The maximum absolute atomic E-state index is 5.27. The molecule has 3 heterocycles. The van der Waals surface area contributed by atoms with Crippen molar-refractivity contribution in [2.45, 2.75) is 0 Å². The van der Waals surface area contributed by atoms with E-state index in [9.17, 15) is 0 Å². The third-order valence-corrected chi connectivity index (χ3v) is 8.02. The molecule has 3 aromatic heterocycles. The van der Waals surface area contributed by atoms with Gasteiger partial charge in [0.1, 0.15) is 0 Å². The van der Waals surface area contributed by atoms with E-state index in [2.05, 4.69) is 102 Å². The minimum absolute atomic E-state index is 0.822. The lowest BCUT2D eigenvalue weighted by atomic mass is 9.91. The fraction of sp³-hybridized carbons (Fsp3) is 0. The molecule has 0 bridgehead atoms. The molecule has 0 aliphatic rings. The smallest absolute Gasteiger partial charge is 0.0972 e. The number of pyridine rings is 2. The molecule has 0 atom stereocenters. The van der Waals surface area contributed by atoms with Crippen molar-refractivity contribution in [2.75, 3.05) is 0 Å². The Morgan fingerprint density at radius 2 is 0.955 bits per heavy atom. The van der Waals surface area contributed by atoms with Crippen molar-refractivity contribution < 1.29 is 0 Å². The lowest BCUT2D eigenvalue weighted by molar-refractivity contribution is 1.21. The van der Waals surface area contributed by atoms with Crippen molar-refractivity contribution in [3.63, 3.8) is 0 Å². The molecule has 4 heteroatoms. The molecule has 0 saturated carbocycles. The van der Waals surface area contributed by atoms with E-state index in [4.69, 9.17) is 15.0 Å². The van der Waals surface area contributed by atoms with Crippen molar-refractivity contribution in [3.8, 4) is 56.0 Å². The van der Waals surface area contributed by atoms with Gasteiger partial charge in [-0.1, -0.05) is 127 Å². The van der Waals surface area contributed by atoms with Gasteiger partial charge in [-0.05, 0) is 28.8 Å². The number of rotatable bonds is 5. The topological polar surface area (TPSA) is 51.6 Å². The second-order valence-corrected chi connectivity index (χ2v) is 10.7. The van der Waals surface area contributed by atoms with E-state index < -0.39 is 0 Å². The Kier molecular flexibility index (Phi) is 6.43. The number of nitrogens with zero attached hydrogens (tertiary/aromatic N) is 4. The summed E-state index contributed by atoms with van der Waals surface area (Å²) in [5, 5.41) is 2.15. The van der Waals surface area contributed by atoms with Crippen LogP contribution in [0.3, 0.4) is 0 Å². The van der Waals surface area contributed by atoms with E-state index in [1.807, 2.05) is 61.1 Å². The third kappa shape index (κ3) is 4.59. The van der Waals surface area contributed by atoms with Crippen molar-refractivity contribution in [1.82, 2.24) is 19.9 Å². The zero-order chi connectivity index (χ0) is 29.3. The van der Waals surface area contributed by atoms with Crippen LogP contribution in [0.4, 0.5) is 0 Å². The molecule has 4 nitrogen and oxygen atoms in total. The minimum atomic E-state index is 0.822. The summed E-state index contributed by atoms with van der Waals surface area (Å²) in [5.41, 5.74) is 11.8. The maximum Gasteiger partial charge on any atom is 0.0972 e.